The lowest BCUT2D eigenvalue weighted by Crippen LogP contribution is -2.38. The van der Waals surface area contributed by atoms with E-state index in [0.717, 1.165) is 30.8 Å². The van der Waals surface area contributed by atoms with Crippen molar-refractivity contribution in [1.82, 2.24) is 9.80 Å². The van der Waals surface area contributed by atoms with Gasteiger partial charge in [0.05, 0.1) is 6.04 Å². The molecule has 3 atom stereocenters. The van der Waals surface area contributed by atoms with Crippen LogP contribution in [0.5, 0.6) is 0 Å². The van der Waals surface area contributed by atoms with Gasteiger partial charge in [-0.05, 0) is 23.3 Å². The minimum absolute atomic E-state index is 0.0905. The molecule has 136 valence electrons. The predicted molar refractivity (Wildman–Crippen MR) is 96.7 cm³/mol. The highest BCUT2D eigenvalue weighted by atomic mass is 19.1. The number of hydrogen-bond donors (Lipinski definition) is 0. The second kappa shape index (κ2) is 7.17. The number of halogens is 1. The van der Waals surface area contributed by atoms with Crippen LogP contribution in [0.1, 0.15) is 11.1 Å². The van der Waals surface area contributed by atoms with E-state index in [9.17, 15) is 9.18 Å². The van der Waals surface area contributed by atoms with Crippen molar-refractivity contribution in [3.8, 4) is 0 Å². The molecule has 4 nitrogen and oxygen atoms in total. The van der Waals surface area contributed by atoms with Crippen molar-refractivity contribution in [2.24, 2.45) is 5.92 Å². The van der Waals surface area contributed by atoms with Crippen molar-refractivity contribution < 1.29 is 13.9 Å². The molecule has 2 aromatic rings. The summed E-state index contributed by atoms with van der Waals surface area (Å²) < 4.78 is 18.7. The molecule has 1 amide bonds. The average molecular weight is 354 g/mol. The third-order valence-corrected chi connectivity index (χ3v) is 5.49. The van der Waals surface area contributed by atoms with E-state index in [1.54, 1.807) is 7.11 Å². The first-order valence-electron chi connectivity index (χ1n) is 8.99. The van der Waals surface area contributed by atoms with Crippen LogP contribution in [0.15, 0.2) is 54.6 Å². The molecule has 26 heavy (non-hydrogen) atoms. The van der Waals surface area contributed by atoms with Gasteiger partial charge >= 0.3 is 0 Å². The van der Waals surface area contributed by atoms with E-state index in [1.807, 2.05) is 47.4 Å². The normalized spacial score (nSPS) is 25.7. The van der Waals surface area contributed by atoms with E-state index in [0.29, 0.717) is 6.54 Å². The maximum Gasteiger partial charge on any atom is 0.252 e. The zero-order valence-corrected chi connectivity index (χ0v) is 14.8. The molecule has 2 fully saturated rings. The molecule has 0 radical (unpaired) electrons. The second-order valence-electron chi connectivity index (χ2n) is 7.16. The summed E-state index contributed by atoms with van der Waals surface area (Å²) in [6, 6.07) is 16.9. The van der Waals surface area contributed by atoms with Crippen LogP contribution in [0.25, 0.3) is 0 Å². The highest BCUT2D eigenvalue weighted by molar-refractivity contribution is 5.84. The Hall–Kier alpha value is -2.24. The highest BCUT2D eigenvalue weighted by Crippen LogP contribution is 2.35. The van der Waals surface area contributed by atoms with Crippen molar-refractivity contribution >= 4 is 5.91 Å². The monoisotopic (exact) mass is 354 g/mol. The number of carbonyl (C=O) groups excluding carboxylic acids is 1. The summed E-state index contributed by atoms with van der Waals surface area (Å²) in [7, 11) is 1.62. The van der Waals surface area contributed by atoms with Gasteiger partial charge in [-0.1, -0.05) is 42.5 Å². The van der Waals surface area contributed by atoms with E-state index in [1.165, 1.54) is 12.1 Å². The molecule has 2 saturated heterocycles. The van der Waals surface area contributed by atoms with Crippen LogP contribution in [-0.2, 0) is 22.6 Å². The van der Waals surface area contributed by atoms with E-state index >= 15 is 0 Å². The first-order chi connectivity index (χ1) is 12.7. The van der Waals surface area contributed by atoms with Gasteiger partial charge in [0.1, 0.15) is 11.9 Å². The number of hydrogen-bond acceptors (Lipinski definition) is 3. The van der Waals surface area contributed by atoms with Gasteiger partial charge in [-0.25, -0.2) is 4.39 Å². The highest BCUT2D eigenvalue weighted by Gasteiger charge is 2.52. The molecule has 2 aromatic carbocycles. The Bertz CT molecular complexity index is 765. The van der Waals surface area contributed by atoms with Gasteiger partial charge in [0, 0.05) is 39.2 Å². The van der Waals surface area contributed by atoms with Gasteiger partial charge in [0.2, 0.25) is 0 Å². The van der Waals surface area contributed by atoms with Crippen LogP contribution < -0.4 is 0 Å². The number of benzene rings is 2. The molecule has 0 unspecified atom stereocenters. The summed E-state index contributed by atoms with van der Waals surface area (Å²) >= 11 is 0. The average Bonchev–Trinajstić information content (AvgIpc) is 3.15. The number of amides is 1. The third-order valence-electron chi connectivity index (χ3n) is 5.49. The van der Waals surface area contributed by atoms with E-state index in [-0.39, 0.29) is 29.8 Å². The number of methoxy groups -OCH3 is 1. The Morgan fingerprint density at radius 2 is 1.69 bits per heavy atom. The van der Waals surface area contributed by atoms with Crippen molar-refractivity contribution in [3.63, 3.8) is 0 Å². The molecule has 0 saturated carbocycles. The molecule has 0 spiro atoms. The number of ether oxygens (including phenoxy) is 1. The summed E-state index contributed by atoms with van der Waals surface area (Å²) in [5.74, 6) is 0.0515. The SMILES string of the molecule is CO[C@@H]1C(=O)N(Cc2ccccc2)[C@@H]2CN(Cc3ccc(F)cc3)C[C@H]12. The largest absolute Gasteiger partial charge is 0.371 e. The zero-order valence-electron chi connectivity index (χ0n) is 14.8. The van der Waals surface area contributed by atoms with Crippen LogP contribution >= 0.6 is 0 Å². The Morgan fingerprint density at radius 3 is 2.38 bits per heavy atom. The van der Waals surface area contributed by atoms with Gasteiger partial charge in [0.15, 0.2) is 0 Å². The van der Waals surface area contributed by atoms with Crippen molar-refractivity contribution in [2.45, 2.75) is 25.2 Å². The molecule has 2 aliphatic heterocycles. The molecule has 5 heteroatoms. The first-order valence-corrected chi connectivity index (χ1v) is 8.99. The van der Waals surface area contributed by atoms with Crippen LogP contribution in [0.4, 0.5) is 4.39 Å². The quantitative estimate of drug-likeness (QED) is 0.828. The molecule has 4 rings (SSSR count). The smallest absolute Gasteiger partial charge is 0.252 e. The number of nitrogens with zero attached hydrogens (tertiary/aromatic N) is 2. The van der Waals surface area contributed by atoms with E-state index in [2.05, 4.69) is 4.90 Å². The molecule has 0 bridgehead atoms. The maximum atomic E-state index is 13.1. The van der Waals surface area contributed by atoms with Crippen molar-refractivity contribution in [1.29, 1.82) is 0 Å². The number of carbonyl (C=O) groups is 1. The van der Waals surface area contributed by atoms with Gasteiger partial charge < -0.3 is 9.64 Å². The third kappa shape index (κ3) is 3.24. The first kappa shape index (κ1) is 17.2. The molecule has 0 N–H and O–H groups in total. The van der Waals surface area contributed by atoms with Gasteiger partial charge in [-0.3, -0.25) is 9.69 Å². The zero-order chi connectivity index (χ0) is 18.1. The van der Waals surface area contributed by atoms with Crippen molar-refractivity contribution in [2.75, 3.05) is 20.2 Å². The number of likely N-dealkylation sites (tertiary alicyclic amines) is 2. The maximum absolute atomic E-state index is 13.1. The van der Waals surface area contributed by atoms with Crippen molar-refractivity contribution in [3.05, 3.63) is 71.5 Å². The van der Waals surface area contributed by atoms with E-state index in [4.69, 9.17) is 4.74 Å². The summed E-state index contributed by atoms with van der Waals surface area (Å²) in [5, 5.41) is 0. The standard InChI is InChI=1S/C21H23FN2O2/c1-26-20-18-13-23(11-16-7-9-17(22)10-8-16)14-19(18)24(21(20)25)12-15-5-3-2-4-6-15/h2-10,18-20H,11-14H2,1H3/t18-,19+,20-/m0/s1. The fourth-order valence-corrected chi connectivity index (χ4v) is 4.26. The molecule has 0 aliphatic carbocycles. The lowest BCUT2D eigenvalue weighted by Gasteiger charge is -2.25. The predicted octanol–water partition coefficient (Wildman–Crippen LogP) is 2.68. The summed E-state index contributed by atoms with van der Waals surface area (Å²) in [4.78, 5) is 17.1. The minimum Gasteiger partial charge on any atom is -0.371 e. The minimum atomic E-state index is -0.373. The molecule has 0 aromatic heterocycles. The van der Waals surface area contributed by atoms with Gasteiger partial charge in [-0.15, -0.1) is 0 Å². The fraction of sp³-hybridized carbons (Fsp3) is 0.381. The van der Waals surface area contributed by atoms with Crippen LogP contribution in [0.3, 0.4) is 0 Å². The van der Waals surface area contributed by atoms with Crippen LogP contribution in [0, 0.1) is 11.7 Å². The summed E-state index contributed by atoms with van der Waals surface area (Å²) in [6.45, 7) is 3.01. The van der Waals surface area contributed by atoms with Gasteiger partial charge in [-0.2, -0.15) is 0 Å². The molecule has 2 aliphatic rings. The summed E-state index contributed by atoms with van der Waals surface area (Å²) in [6.07, 6.45) is -0.373. The summed E-state index contributed by atoms with van der Waals surface area (Å²) in [5.41, 5.74) is 2.22. The molecular formula is C21H23FN2O2. The lowest BCUT2D eigenvalue weighted by atomic mass is 10.0. The number of fused-ring (bicyclic) bond motifs is 1. The topological polar surface area (TPSA) is 32.8 Å². The second-order valence-corrected chi connectivity index (χ2v) is 7.16. The Balaban J connectivity index is 1.49. The van der Waals surface area contributed by atoms with Crippen LogP contribution in [0.2, 0.25) is 0 Å². The number of rotatable bonds is 5. The Morgan fingerprint density at radius 1 is 1.00 bits per heavy atom. The Labute approximate surface area is 153 Å². The Kier molecular flexibility index (Phi) is 4.74. The molecular weight excluding hydrogens is 331 g/mol. The fourth-order valence-electron chi connectivity index (χ4n) is 4.26. The van der Waals surface area contributed by atoms with Gasteiger partial charge in [0.25, 0.3) is 5.91 Å². The molecule has 2 heterocycles. The van der Waals surface area contributed by atoms with E-state index < -0.39 is 0 Å². The lowest BCUT2D eigenvalue weighted by molar-refractivity contribution is -0.138. The van der Waals surface area contributed by atoms with Crippen LogP contribution in [-0.4, -0.2) is 48.1 Å².